The van der Waals surface area contributed by atoms with Crippen LogP contribution in [0.4, 0.5) is 5.69 Å². The summed E-state index contributed by atoms with van der Waals surface area (Å²) in [6.45, 7) is 4.42. The molecule has 0 aliphatic rings. The second-order valence-electron chi connectivity index (χ2n) is 5.18. The molecule has 0 aromatic heterocycles. The number of nitrogens with zero attached hydrogens (tertiary/aromatic N) is 1. The fourth-order valence-corrected chi connectivity index (χ4v) is 1.97. The van der Waals surface area contributed by atoms with Crippen LogP contribution >= 0.6 is 0 Å². The molecule has 0 unspecified atom stereocenters. The van der Waals surface area contributed by atoms with Gasteiger partial charge in [-0.2, -0.15) is 5.26 Å². The van der Waals surface area contributed by atoms with Crippen molar-refractivity contribution in [3.05, 3.63) is 41.6 Å². The molecule has 1 aromatic rings. The lowest BCUT2D eigenvalue weighted by Gasteiger charge is -2.14. The Morgan fingerprint density at radius 3 is 2.52 bits per heavy atom. The lowest BCUT2D eigenvalue weighted by Crippen LogP contribution is -2.27. The quantitative estimate of drug-likeness (QED) is 0.437. The Kier molecular flexibility index (Phi) is 7.81. The number of anilines is 1. The van der Waals surface area contributed by atoms with Crippen molar-refractivity contribution < 1.29 is 14.3 Å². The molecule has 0 saturated heterocycles. The molecule has 0 spiro atoms. The molecule has 0 atom stereocenters. The highest BCUT2D eigenvalue weighted by molar-refractivity contribution is 6.06. The van der Waals surface area contributed by atoms with Crippen molar-refractivity contribution >= 4 is 11.6 Å². The van der Waals surface area contributed by atoms with Gasteiger partial charge in [0.1, 0.15) is 11.6 Å². The van der Waals surface area contributed by atoms with Crippen molar-refractivity contribution in [2.24, 2.45) is 0 Å². The average molecular weight is 317 g/mol. The SMILES string of the molecule is COC(CN/C=C(/C#N)C(=O)Nc1ccccc1C(C)C)OC. The zero-order valence-electron chi connectivity index (χ0n) is 13.9. The zero-order valence-corrected chi connectivity index (χ0v) is 13.9. The van der Waals surface area contributed by atoms with Gasteiger partial charge in [-0.15, -0.1) is 0 Å². The number of benzene rings is 1. The van der Waals surface area contributed by atoms with Gasteiger partial charge in [0.05, 0.1) is 6.54 Å². The van der Waals surface area contributed by atoms with Gasteiger partial charge in [0.25, 0.3) is 5.91 Å². The van der Waals surface area contributed by atoms with Crippen LogP contribution in [0, 0.1) is 11.3 Å². The summed E-state index contributed by atoms with van der Waals surface area (Å²) in [7, 11) is 3.03. The highest BCUT2D eigenvalue weighted by Crippen LogP contribution is 2.23. The fraction of sp³-hybridized carbons (Fsp3) is 0.412. The number of hydrogen-bond acceptors (Lipinski definition) is 5. The normalized spacial score (nSPS) is 11.4. The van der Waals surface area contributed by atoms with Crippen molar-refractivity contribution in [1.29, 1.82) is 5.26 Å². The Balaban J connectivity index is 2.77. The van der Waals surface area contributed by atoms with Gasteiger partial charge in [-0.1, -0.05) is 32.0 Å². The third kappa shape index (κ3) is 5.74. The smallest absolute Gasteiger partial charge is 0.267 e. The third-order valence-electron chi connectivity index (χ3n) is 3.25. The molecule has 6 nitrogen and oxygen atoms in total. The Labute approximate surface area is 137 Å². The van der Waals surface area contributed by atoms with E-state index in [-0.39, 0.29) is 11.5 Å². The predicted octanol–water partition coefficient (Wildman–Crippen LogP) is 2.36. The first-order valence-electron chi connectivity index (χ1n) is 7.33. The molecule has 0 radical (unpaired) electrons. The predicted molar refractivity (Wildman–Crippen MR) is 88.7 cm³/mol. The summed E-state index contributed by atoms with van der Waals surface area (Å²) in [4.78, 5) is 12.2. The van der Waals surface area contributed by atoms with Crippen molar-refractivity contribution in [2.45, 2.75) is 26.1 Å². The van der Waals surface area contributed by atoms with Crippen LogP contribution in [0.1, 0.15) is 25.3 Å². The summed E-state index contributed by atoms with van der Waals surface area (Å²) in [5, 5.41) is 14.8. The molecular weight excluding hydrogens is 294 g/mol. The van der Waals surface area contributed by atoms with E-state index in [0.717, 1.165) is 5.56 Å². The zero-order chi connectivity index (χ0) is 17.2. The molecule has 0 bridgehead atoms. The lowest BCUT2D eigenvalue weighted by molar-refractivity contribution is -0.112. The molecule has 0 saturated carbocycles. The van der Waals surface area contributed by atoms with E-state index in [1.54, 1.807) is 0 Å². The largest absolute Gasteiger partial charge is 0.385 e. The number of amides is 1. The summed E-state index contributed by atoms with van der Waals surface area (Å²) in [5.74, 6) is -0.192. The minimum Gasteiger partial charge on any atom is -0.385 e. The number of carbonyl (C=O) groups excluding carboxylic acids is 1. The van der Waals surface area contributed by atoms with Crippen LogP contribution in [-0.4, -0.2) is 33.0 Å². The standard InChI is InChI=1S/C17H23N3O3/c1-12(2)14-7-5-6-8-15(14)20-17(21)13(9-18)10-19-11-16(22-3)23-4/h5-8,10,12,16,19H,11H2,1-4H3,(H,20,21)/b13-10-. The van der Waals surface area contributed by atoms with Crippen LogP contribution in [-0.2, 0) is 14.3 Å². The van der Waals surface area contributed by atoms with Crippen LogP contribution in [0.3, 0.4) is 0 Å². The van der Waals surface area contributed by atoms with Gasteiger partial charge in [0.15, 0.2) is 6.29 Å². The van der Waals surface area contributed by atoms with Gasteiger partial charge in [0, 0.05) is 26.1 Å². The number of hydrogen-bond donors (Lipinski definition) is 2. The lowest BCUT2D eigenvalue weighted by atomic mass is 10.0. The first-order chi connectivity index (χ1) is 11.0. The van der Waals surface area contributed by atoms with E-state index >= 15 is 0 Å². The van der Waals surface area contributed by atoms with E-state index in [0.29, 0.717) is 12.2 Å². The minimum absolute atomic E-state index is 0.0190. The summed E-state index contributed by atoms with van der Waals surface area (Å²) in [6.07, 6.45) is 0.911. The Morgan fingerprint density at radius 2 is 1.96 bits per heavy atom. The van der Waals surface area contributed by atoms with Crippen molar-refractivity contribution in [3.8, 4) is 6.07 Å². The molecule has 0 fully saturated rings. The van der Waals surface area contributed by atoms with Crippen molar-refractivity contribution in [3.63, 3.8) is 0 Å². The van der Waals surface area contributed by atoms with Gasteiger partial charge < -0.3 is 20.1 Å². The molecule has 1 aromatic carbocycles. The number of nitriles is 1. The average Bonchev–Trinajstić information content (AvgIpc) is 2.55. The molecule has 124 valence electrons. The minimum atomic E-state index is -0.459. The molecule has 6 heteroatoms. The molecule has 0 aliphatic heterocycles. The van der Waals surface area contributed by atoms with E-state index in [9.17, 15) is 4.79 Å². The number of rotatable bonds is 8. The first kappa shape index (κ1) is 18.7. The van der Waals surface area contributed by atoms with Crippen LogP contribution in [0.5, 0.6) is 0 Å². The van der Waals surface area contributed by atoms with Gasteiger partial charge in [-0.3, -0.25) is 4.79 Å². The maximum absolute atomic E-state index is 12.2. The summed E-state index contributed by atoms with van der Waals surface area (Å²) in [6, 6.07) is 9.43. The molecule has 0 heterocycles. The van der Waals surface area contributed by atoms with E-state index in [1.807, 2.05) is 44.2 Å². The number of ether oxygens (including phenoxy) is 2. The van der Waals surface area contributed by atoms with Gasteiger partial charge >= 0.3 is 0 Å². The molecule has 2 N–H and O–H groups in total. The van der Waals surface area contributed by atoms with Gasteiger partial charge in [-0.25, -0.2) is 0 Å². The third-order valence-corrected chi connectivity index (χ3v) is 3.25. The van der Waals surface area contributed by atoms with E-state index < -0.39 is 12.2 Å². The summed E-state index contributed by atoms with van der Waals surface area (Å²) in [5.41, 5.74) is 1.71. The van der Waals surface area contributed by atoms with E-state index in [4.69, 9.17) is 14.7 Å². The summed E-state index contributed by atoms with van der Waals surface area (Å²) >= 11 is 0. The first-order valence-corrected chi connectivity index (χ1v) is 7.33. The second-order valence-corrected chi connectivity index (χ2v) is 5.18. The number of methoxy groups -OCH3 is 2. The Bertz CT molecular complexity index is 587. The van der Waals surface area contributed by atoms with Crippen LogP contribution in [0.2, 0.25) is 0 Å². The van der Waals surface area contributed by atoms with Crippen LogP contribution in [0.15, 0.2) is 36.0 Å². The second kappa shape index (κ2) is 9.62. The van der Waals surface area contributed by atoms with Crippen molar-refractivity contribution in [1.82, 2.24) is 5.32 Å². The van der Waals surface area contributed by atoms with Gasteiger partial charge in [-0.05, 0) is 17.5 Å². The molecular formula is C17H23N3O3. The summed E-state index contributed by atoms with van der Waals surface area (Å²) < 4.78 is 10.0. The topological polar surface area (TPSA) is 83.4 Å². The van der Waals surface area contributed by atoms with Crippen LogP contribution < -0.4 is 10.6 Å². The van der Waals surface area contributed by atoms with Crippen molar-refractivity contribution in [2.75, 3.05) is 26.1 Å². The highest BCUT2D eigenvalue weighted by atomic mass is 16.7. The number of para-hydroxylation sites is 1. The highest BCUT2D eigenvalue weighted by Gasteiger charge is 2.13. The monoisotopic (exact) mass is 317 g/mol. The molecule has 23 heavy (non-hydrogen) atoms. The maximum atomic E-state index is 12.2. The van der Waals surface area contributed by atoms with Gasteiger partial charge in [0.2, 0.25) is 0 Å². The van der Waals surface area contributed by atoms with Crippen LogP contribution in [0.25, 0.3) is 0 Å². The molecule has 1 rings (SSSR count). The Hall–Kier alpha value is -2.36. The number of nitrogens with one attached hydrogen (secondary N) is 2. The van der Waals surface area contributed by atoms with E-state index in [1.165, 1.54) is 20.4 Å². The molecule has 1 amide bonds. The Morgan fingerprint density at radius 1 is 1.30 bits per heavy atom. The molecule has 0 aliphatic carbocycles. The van der Waals surface area contributed by atoms with E-state index in [2.05, 4.69) is 10.6 Å². The number of carbonyl (C=O) groups is 1. The fourth-order valence-electron chi connectivity index (χ4n) is 1.97. The maximum Gasteiger partial charge on any atom is 0.267 e.